The van der Waals surface area contributed by atoms with Crippen LogP contribution in [-0.4, -0.2) is 29.8 Å². The van der Waals surface area contributed by atoms with Gasteiger partial charge in [-0.1, -0.05) is 6.07 Å². The molecule has 0 unspecified atom stereocenters. The van der Waals surface area contributed by atoms with Crippen molar-refractivity contribution in [1.82, 2.24) is 4.90 Å². The average molecular weight is 243 g/mol. The summed E-state index contributed by atoms with van der Waals surface area (Å²) in [6.45, 7) is 0.763. The highest BCUT2D eigenvalue weighted by atomic mass is 16.2. The number of rotatable bonds is 1. The second kappa shape index (κ2) is 5.32. The summed E-state index contributed by atoms with van der Waals surface area (Å²) in [4.78, 5) is 24.6. The van der Waals surface area contributed by atoms with Crippen molar-refractivity contribution in [2.45, 2.75) is 12.8 Å². The number of carbonyl (C=O) groups is 2. The molecule has 0 bridgehead atoms. The molecule has 1 aliphatic rings. The molecule has 0 atom stereocenters. The first kappa shape index (κ1) is 12.1. The lowest BCUT2D eigenvalue weighted by atomic mass is 10.1. The molecule has 0 saturated carbocycles. The van der Waals surface area contributed by atoms with Crippen LogP contribution in [0, 0.1) is 11.3 Å². The Morgan fingerprint density at radius 3 is 3.00 bits per heavy atom. The van der Waals surface area contributed by atoms with Crippen molar-refractivity contribution in [2.75, 3.05) is 18.4 Å². The molecule has 1 heterocycles. The third-order valence-corrected chi connectivity index (χ3v) is 2.78. The average Bonchev–Trinajstić information content (AvgIpc) is 2.39. The summed E-state index contributed by atoms with van der Waals surface area (Å²) < 4.78 is 0. The highest BCUT2D eigenvalue weighted by Crippen LogP contribution is 2.12. The van der Waals surface area contributed by atoms with Gasteiger partial charge in [0.15, 0.2) is 5.78 Å². The van der Waals surface area contributed by atoms with Gasteiger partial charge in [-0.3, -0.25) is 4.79 Å². The Balaban J connectivity index is 2.02. The van der Waals surface area contributed by atoms with E-state index in [9.17, 15) is 9.59 Å². The monoisotopic (exact) mass is 243 g/mol. The van der Waals surface area contributed by atoms with Crippen LogP contribution < -0.4 is 5.32 Å². The maximum absolute atomic E-state index is 11.9. The van der Waals surface area contributed by atoms with E-state index in [1.54, 1.807) is 24.3 Å². The molecule has 92 valence electrons. The number of urea groups is 1. The van der Waals surface area contributed by atoms with E-state index in [1.807, 2.05) is 6.07 Å². The molecule has 0 aromatic heterocycles. The molecule has 1 aromatic carbocycles. The van der Waals surface area contributed by atoms with E-state index in [2.05, 4.69) is 5.32 Å². The maximum Gasteiger partial charge on any atom is 0.322 e. The summed E-state index contributed by atoms with van der Waals surface area (Å²) in [5.41, 5.74) is 1.06. The molecule has 18 heavy (non-hydrogen) atoms. The summed E-state index contributed by atoms with van der Waals surface area (Å²) in [5.74, 6) is 0.0853. The predicted octanol–water partition coefficient (Wildman–Crippen LogP) is 1.76. The van der Waals surface area contributed by atoms with Crippen molar-refractivity contribution in [3.05, 3.63) is 29.8 Å². The first-order valence-electron chi connectivity index (χ1n) is 5.77. The van der Waals surface area contributed by atoms with Crippen molar-refractivity contribution < 1.29 is 9.59 Å². The van der Waals surface area contributed by atoms with E-state index in [0.29, 0.717) is 30.6 Å². The number of likely N-dealkylation sites (tertiary alicyclic amines) is 1. The molecule has 1 N–H and O–H groups in total. The van der Waals surface area contributed by atoms with Gasteiger partial charge in [-0.25, -0.2) is 4.79 Å². The van der Waals surface area contributed by atoms with Gasteiger partial charge in [-0.2, -0.15) is 5.26 Å². The second-order valence-corrected chi connectivity index (χ2v) is 4.19. The van der Waals surface area contributed by atoms with Gasteiger partial charge in [0.25, 0.3) is 0 Å². The van der Waals surface area contributed by atoms with E-state index in [-0.39, 0.29) is 18.4 Å². The van der Waals surface area contributed by atoms with E-state index >= 15 is 0 Å². The second-order valence-electron chi connectivity index (χ2n) is 4.19. The van der Waals surface area contributed by atoms with Crippen LogP contribution in [0.3, 0.4) is 0 Å². The van der Waals surface area contributed by atoms with E-state index in [4.69, 9.17) is 5.26 Å². The molecule has 0 aliphatic carbocycles. The lowest BCUT2D eigenvalue weighted by Crippen LogP contribution is -2.42. The van der Waals surface area contributed by atoms with Gasteiger partial charge in [-0.15, -0.1) is 0 Å². The lowest BCUT2D eigenvalue weighted by molar-refractivity contribution is -0.121. The van der Waals surface area contributed by atoms with Crippen LogP contribution in [-0.2, 0) is 4.79 Å². The normalized spacial score (nSPS) is 15.1. The third kappa shape index (κ3) is 2.86. The summed E-state index contributed by atoms with van der Waals surface area (Å²) in [7, 11) is 0. The van der Waals surface area contributed by atoms with Crippen molar-refractivity contribution in [3.63, 3.8) is 0 Å². The summed E-state index contributed by atoms with van der Waals surface area (Å²) in [6.07, 6.45) is 1.26. The number of anilines is 1. The minimum atomic E-state index is -0.293. The van der Waals surface area contributed by atoms with E-state index < -0.39 is 0 Å². The number of Topliss-reactive ketones (excluding diaryl/α,β-unsaturated/α-hetero) is 1. The number of amides is 2. The fourth-order valence-corrected chi connectivity index (χ4v) is 1.88. The quantitative estimate of drug-likeness (QED) is 0.816. The first-order valence-corrected chi connectivity index (χ1v) is 5.77. The molecule has 1 aromatic rings. The number of carbonyl (C=O) groups excluding carboxylic acids is 2. The van der Waals surface area contributed by atoms with Gasteiger partial charge in [0, 0.05) is 18.7 Å². The number of hydrogen-bond acceptors (Lipinski definition) is 3. The Morgan fingerprint density at radius 2 is 2.28 bits per heavy atom. The van der Waals surface area contributed by atoms with Gasteiger partial charge in [0.05, 0.1) is 18.2 Å². The minimum Gasteiger partial charge on any atom is -0.317 e. The molecule has 0 spiro atoms. The zero-order chi connectivity index (χ0) is 13.0. The van der Waals surface area contributed by atoms with Gasteiger partial charge in [-0.05, 0) is 24.6 Å². The first-order chi connectivity index (χ1) is 8.69. The summed E-state index contributed by atoms with van der Waals surface area (Å²) >= 11 is 0. The van der Waals surface area contributed by atoms with Crippen molar-refractivity contribution in [2.24, 2.45) is 0 Å². The molecular weight excluding hydrogens is 230 g/mol. The van der Waals surface area contributed by atoms with Gasteiger partial charge >= 0.3 is 6.03 Å². The van der Waals surface area contributed by atoms with Crippen LogP contribution in [0.2, 0.25) is 0 Å². The third-order valence-electron chi connectivity index (χ3n) is 2.78. The molecule has 5 nitrogen and oxygen atoms in total. The Bertz CT molecular complexity index is 519. The van der Waals surface area contributed by atoms with Crippen LogP contribution >= 0.6 is 0 Å². The van der Waals surface area contributed by atoms with Crippen LogP contribution in [0.25, 0.3) is 0 Å². The van der Waals surface area contributed by atoms with Crippen LogP contribution in [0.15, 0.2) is 24.3 Å². The molecule has 1 aliphatic heterocycles. The fraction of sp³-hybridized carbons (Fsp3) is 0.308. The highest BCUT2D eigenvalue weighted by Gasteiger charge is 2.21. The van der Waals surface area contributed by atoms with Crippen LogP contribution in [0.4, 0.5) is 10.5 Å². The number of benzene rings is 1. The predicted molar refractivity (Wildman–Crippen MR) is 66.0 cm³/mol. The molecule has 2 rings (SSSR count). The molecule has 1 saturated heterocycles. The van der Waals surface area contributed by atoms with Crippen molar-refractivity contribution >= 4 is 17.5 Å². The van der Waals surface area contributed by atoms with Crippen LogP contribution in [0.1, 0.15) is 18.4 Å². The minimum absolute atomic E-state index is 0.0853. The number of hydrogen-bond donors (Lipinski definition) is 1. The highest BCUT2D eigenvalue weighted by molar-refractivity contribution is 5.93. The number of nitrogens with one attached hydrogen (secondary N) is 1. The summed E-state index contributed by atoms with van der Waals surface area (Å²) in [6, 6.07) is 8.40. The van der Waals surface area contributed by atoms with E-state index in [0.717, 1.165) is 0 Å². The zero-order valence-electron chi connectivity index (χ0n) is 9.85. The lowest BCUT2D eigenvalue weighted by Gasteiger charge is -2.25. The standard InChI is InChI=1S/C13H13N3O2/c14-8-10-3-1-4-11(7-10)15-13(18)16-6-2-5-12(17)9-16/h1,3-4,7H,2,5-6,9H2,(H,15,18). The Labute approximate surface area is 105 Å². The number of piperidine rings is 1. The van der Waals surface area contributed by atoms with Crippen LogP contribution in [0.5, 0.6) is 0 Å². The van der Waals surface area contributed by atoms with Gasteiger partial charge < -0.3 is 10.2 Å². The fourth-order valence-electron chi connectivity index (χ4n) is 1.88. The number of ketones is 1. The number of nitriles is 1. The summed E-state index contributed by atoms with van der Waals surface area (Å²) in [5, 5.41) is 11.5. The van der Waals surface area contributed by atoms with E-state index in [1.165, 1.54) is 4.90 Å². The molecule has 5 heteroatoms. The Morgan fingerprint density at radius 1 is 1.44 bits per heavy atom. The molecule has 2 amide bonds. The maximum atomic E-state index is 11.9. The molecule has 0 radical (unpaired) electrons. The SMILES string of the molecule is N#Cc1cccc(NC(=O)N2CCCC(=O)C2)c1. The van der Waals surface area contributed by atoms with Crippen molar-refractivity contribution in [1.29, 1.82) is 5.26 Å². The zero-order valence-corrected chi connectivity index (χ0v) is 9.85. The smallest absolute Gasteiger partial charge is 0.317 e. The Hall–Kier alpha value is -2.35. The Kier molecular flexibility index (Phi) is 3.58. The largest absolute Gasteiger partial charge is 0.322 e. The topological polar surface area (TPSA) is 73.2 Å². The van der Waals surface area contributed by atoms with Gasteiger partial charge in [0.1, 0.15) is 0 Å². The number of nitrogens with zero attached hydrogens (tertiary/aromatic N) is 2. The van der Waals surface area contributed by atoms with Gasteiger partial charge in [0.2, 0.25) is 0 Å². The molecular formula is C13H13N3O2. The van der Waals surface area contributed by atoms with Crippen molar-refractivity contribution in [3.8, 4) is 6.07 Å². The molecule has 1 fully saturated rings.